The number of hydrogen-bond acceptors (Lipinski definition) is 5. The van der Waals surface area contributed by atoms with Crippen LogP contribution in [0.15, 0.2) is 35.7 Å². The van der Waals surface area contributed by atoms with E-state index in [0.717, 1.165) is 24.5 Å². The zero-order chi connectivity index (χ0) is 15.8. The highest BCUT2D eigenvalue weighted by Crippen LogP contribution is 2.08. The maximum absolute atomic E-state index is 11.9. The molecule has 0 aliphatic carbocycles. The van der Waals surface area contributed by atoms with Crippen molar-refractivity contribution >= 4 is 42.1 Å². The van der Waals surface area contributed by atoms with Crippen LogP contribution in [-0.2, 0) is 13.1 Å². The molecule has 24 heavy (non-hydrogen) atoms. The highest BCUT2D eigenvalue weighted by molar-refractivity contribution is 7.09. The van der Waals surface area contributed by atoms with Gasteiger partial charge < -0.3 is 16.0 Å². The summed E-state index contributed by atoms with van der Waals surface area (Å²) in [5.41, 5.74) is 7.25. The van der Waals surface area contributed by atoms with Gasteiger partial charge in [0.1, 0.15) is 10.7 Å². The van der Waals surface area contributed by atoms with E-state index in [-0.39, 0.29) is 30.7 Å². The Labute approximate surface area is 159 Å². The predicted molar refractivity (Wildman–Crippen MR) is 104 cm³/mol. The fraction of sp³-hybridized carbons (Fsp3) is 0.375. The molecule has 0 bridgehead atoms. The molecule has 1 aromatic heterocycles. The summed E-state index contributed by atoms with van der Waals surface area (Å²) >= 11 is 1.42. The van der Waals surface area contributed by atoms with Gasteiger partial charge in [0.15, 0.2) is 0 Å². The monoisotopic (exact) mass is 390 g/mol. The molecule has 2 aromatic rings. The van der Waals surface area contributed by atoms with Crippen LogP contribution in [0.1, 0.15) is 27.5 Å². The normalized spacial score (nSPS) is 9.96. The number of thiazole rings is 1. The Morgan fingerprint density at radius 3 is 2.62 bits per heavy atom. The van der Waals surface area contributed by atoms with E-state index in [1.54, 1.807) is 5.38 Å². The lowest BCUT2D eigenvalue weighted by Crippen LogP contribution is -2.28. The molecule has 134 valence electrons. The zero-order valence-electron chi connectivity index (χ0n) is 13.6. The number of nitrogens with two attached hydrogens (primary N) is 1. The van der Waals surface area contributed by atoms with Gasteiger partial charge in [0.2, 0.25) is 0 Å². The quantitative estimate of drug-likeness (QED) is 0.679. The van der Waals surface area contributed by atoms with Gasteiger partial charge in [-0.1, -0.05) is 30.3 Å². The molecule has 8 heteroatoms. The van der Waals surface area contributed by atoms with Gasteiger partial charge in [-0.25, -0.2) is 4.98 Å². The first kappa shape index (κ1) is 22.8. The number of rotatable bonds is 8. The molecule has 2 rings (SSSR count). The first-order valence-corrected chi connectivity index (χ1v) is 8.22. The third-order valence-electron chi connectivity index (χ3n) is 3.26. The fourth-order valence-electron chi connectivity index (χ4n) is 2.12. The van der Waals surface area contributed by atoms with E-state index in [4.69, 9.17) is 5.73 Å². The van der Waals surface area contributed by atoms with E-state index in [9.17, 15) is 4.79 Å². The summed E-state index contributed by atoms with van der Waals surface area (Å²) in [5.74, 6) is -0.123. The van der Waals surface area contributed by atoms with Gasteiger partial charge >= 0.3 is 0 Å². The van der Waals surface area contributed by atoms with E-state index in [1.807, 2.05) is 18.2 Å². The van der Waals surface area contributed by atoms with Gasteiger partial charge in [-0.2, -0.15) is 0 Å². The number of amides is 1. The molecule has 0 radical (unpaired) electrons. The van der Waals surface area contributed by atoms with E-state index < -0.39 is 0 Å². The van der Waals surface area contributed by atoms with Crippen molar-refractivity contribution in [2.24, 2.45) is 5.73 Å². The first-order chi connectivity index (χ1) is 10.7. The maximum Gasteiger partial charge on any atom is 0.270 e. The minimum atomic E-state index is -0.123. The van der Waals surface area contributed by atoms with Crippen LogP contribution in [0.5, 0.6) is 0 Å². The highest BCUT2D eigenvalue weighted by atomic mass is 35.5. The summed E-state index contributed by atoms with van der Waals surface area (Å²) in [6.07, 6.45) is 0.906. The van der Waals surface area contributed by atoms with E-state index >= 15 is 0 Å². The predicted octanol–water partition coefficient (Wildman–Crippen LogP) is 2.70. The highest BCUT2D eigenvalue weighted by Gasteiger charge is 2.09. The van der Waals surface area contributed by atoms with Gasteiger partial charge in [0, 0.05) is 25.0 Å². The van der Waals surface area contributed by atoms with Crippen LogP contribution in [0.4, 0.5) is 0 Å². The minimum Gasteiger partial charge on any atom is -0.351 e. The Morgan fingerprint density at radius 2 is 2.00 bits per heavy atom. The van der Waals surface area contributed by atoms with Gasteiger partial charge in [0.25, 0.3) is 5.91 Å². The van der Waals surface area contributed by atoms with Crippen LogP contribution in [0, 0.1) is 0 Å². The number of carbonyl (C=O) groups is 1. The topological polar surface area (TPSA) is 71.2 Å². The number of aromatic nitrogens is 1. The van der Waals surface area contributed by atoms with Crippen LogP contribution in [0.2, 0.25) is 0 Å². The molecule has 1 heterocycles. The lowest BCUT2D eigenvalue weighted by molar-refractivity contribution is 0.0947. The lowest BCUT2D eigenvalue weighted by Gasteiger charge is -2.16. The van der Waals surface area contributed by atoms with E-state index in [0.29, 0.717) is 18.8 Å². The molecule has 0 fully saturated rings. The third-order valence-corrected chi connectivity index (χ3v) is 4.13. The van der Waals surface area contributed by atoms with Crippen LogP contribution in [-0.4, -0.2) is 35.9 Å². The number of nitrogens with one attached hydrogen (secondary N) is 1. The summed E-state index contributed by atoms with van der Waals surface area (Å²) in [4.78, 5) is 18.3. The first-order valence-electron chi connectivity index (χ1n) is 7.34. The molecule has 1 aromatic carbocycles. The molecule has 0 saturated heterocycles. The summed E-state index contributed by atoms with van der Waals surface area (Å²) in [6.45, 7) is 2.87. The minimum absolute atomic E-state index is 0. The molecule has 1 amide bonds. The third kappa shape index (κ3) is 7.59. The second-order valence-electron chi connectivity index (χ2n) is 5.16. The second kappa shape index (κ2) is 12.2. The van der Waals surface area contributed by atoms with Crippen LogP contribution < -0.4 is 11.1 Å². The number of nitrogens with zero attached hydrogens (tertiary/aromatic N) is 2. The Kier molecular flexibility index (Phi) is 11.6. The average molecular weight is 391 g/mol. The van der Waals surface area contributed by atoms with Crippen molar-refractivity contribution in [3.8, 4) is 0 Å². The Bertz CT molecular complexity index is 595. The van der Waals surface area contributed by atoms with Crippen molar-refractivity contribution in [3.63, 3.8) is 0 Å². The molecule has 0 spiro atoms. The summed E-state index contributed by atoms with van der Waals surface area (Å²) in [5, 5.41) is 5.43. The van der Waals surface area contributed by atoms with E-state index in [1.165, 1.54) is 16.9 Å². The maximum atomic E-state index is 11.9. The standard InChI is InChI=1S/C16H22N4OS.2ClH/c1-20(11-13-6-3-2-4-7-13)9-5-8-18-16(21)14-12-22-15(10-17)19-14;;/h2-4,6-7,12H,5,8-11,17H2,1H3,(H,18,21);2*1H. The van der Waals surface area contributed by atoms with Crippen molar-refractivity contribution in [2.75, 3.05) is 20.1 Å². The number of hydrogen-bond donors (Lipinski definition) is 2. The molecular formula is C16H24Cl2N4OS. The molecule has 5 nitrogen and oxygen atoms in total. The molecule has 0 atom stereocenters. The smallest absolute Gasteiger partial charge is 0.270 e. The van der Waals surface area contributed by atoms with Crippen molar-refractivity contribution in [2.45, 2.75) is 19.5 Å². The molecule has 3 N–H and O–H groups in total. The average Bonchev–Trinajstić information content (AvgIpc) is 3.01. The number of carbonyl (C=O) groups excluding carboxylic acids is 1. The number of benzene rings is 1. The summed E-state index contributed by atoms with van der Waals surface area (Å²) in [6, 6.07) is 10.4. The van der Waals surface area contributed by atoms with Crippen molar-refractivity contribution in [1.29, 1.82) is 0 Å². The van der Waals surface area contributed by atoms with Crippen LogP contribution >= 0.6 is 36.2 Å². The molecule has 0 aliphatic rings. The Balaban J connectivity index is 0.00000264. The van der Waals surface area contributed by atoms with Gasteiger partial charge in [-0.05, 0) is 25.6 Å². The SMILES string of the molecule is CN(CCCNC(=O)c1csc(CN)n1)Cc1ccccc1.Cl.Cl. The second-order valence-corrected chi connectivity index (χ2v) is 6.11. The van der Waals surface area contributed by atoms with Crippen LogP contribution in [0.3, 0.4) is 0 Å². The molecule has 0 saturated carbocycles. The van der Waals surface area contributed by atoms with E-state index in [2.05, 4.69) is 34.4 Å². The Hall–Kier alpha value is -1.18. The van der Waals surface area contributed by atoms with Crippen molar-refractivity contribution in [1.82, 2.24) is 15.2 Å². The Morgan fingerprint density at radius 1 is 1.29 bits per heavy atom. The number of halogens is 2. The molecule has 0 unspecified atom stereocenters. The van der Waals surface area contributed by atoms with Gasteiger partial charge in [-0.3, -0.25) is 4.79 Å². The molecule has 0 aliphatic heterocycles. The van der Waals surface area contributed by atoms with Gasteiger partial charge in [-0.15, -0.1) is 36.2 Å². The summed E-state index contributed by atoms with van der Waals surface area (Å²) in [7, 11) is 2.09. The summed E-state index contributed by atoms with van der Waals surface area (Å²) < 4.78 is 0. The molecular weight excluding hydrogens is 367 g/mol. The van der Waals surface area contributed by atoms with Crippen molar-refractivity contribution in [3.05, 3.63) is 52.0 Å². The van der Waals surface area contributed by atoms with Crippen LogP contribution in [0.25, 0.3) is 0 Å². The van der Waals surface area contributed by atoms with Gasteiger partial charge in [0.05, 0.1) is 0 Å². The lowest BCUT2D eigenvalue weighted by atomic mass is 10.2. The zero-order valence-corrected chi connectivity index (χ0v) is 16.1. The largest absolute Gasteiger partial charge is 0.351 e. The van der Waals surface area contributed by atoms with Crippen molar-refractivity contribution < 1.29 is 4.79 Å². The fourth-order valence-corrected chi connectivity index (χ4v) is 2.78.